The van der Waals surface area contributed by atoms with Crippen molar-refractivity contribution in [1.82, 2.24) is 4.98 Å². The summed E-state index contributed by atoms with van der Waals surface area (Å²) in [4.78, 5) is 1.87. The number of benzene rings is 2. The number of hydrogen-bond donors (Lipinski definition) is 0. The molecule has 22 heavy (non-hydrogen) atoms. The molecule has 2 aromatic carbocycles. The normalized spacial score (nSPS) is 15.5. The van der Waals surface area contributed by atoms with Gasteiger partial charge in [-0.05, 0) is 36.4 Å². The number of halogens is 6. The molecule has 2 nitrogen and oxygen atoms in total. The molecule has 3 rings (SSSR count). The summed E-state index contributed by atoms with van der Waals surface area (Å²) >= 11 is 3.24. The molecule has 0 N–H and O–H groups in total. The maximum absolute atomic E-state index is 12.8. The second-order valence-electron chi connectivity index (χ2n) is 4.63. The van der Waals surface area contributed by atoms with Crippen molar-refractivity contribution in [1.29, 1.82) is 0 Å². The Morgan fingerprint density at radius 1 is 0.955 bits per heavy atom. The number of hydrogen-bond acceptors (Lipinski definition) is 2. The van der Waals surface area contributed by atoms with Gasteiger partial charge in [-0.1, -0.05) is 41.4 Å². The molecule has 118 valence electrons. The molecule has 0 amide bonds. The van der Waals surface area contributed by atoms with Gasteiger partial charge >= 0.3 is 10.2 Å². The first-order chi connectivity index (χ1) is 9.92. The van der Waals surface area contributed by atoms with E-state index in [2.05, 4.69) is 20.9 Å². The number of oxazole rings is 1. The SMILES string of the molecule is FS(F)(F)(F)(F)c1ccc2oc(-c3cccc(Br)c3)nc2c1. The van der Waals surface area contributed by atoms with Crippen LogP contribution in [-0.2, 0) is 0 Å². The van der Waals surface area contributed by atoms with Crippen LogP contribution in [0.15, 0.2) is 56.2 Å². The maximum Gasteiger partial charge on any atom is 0.310 e. The monoisotopic (exact) mass is 399 g/mol. The van der Waals surface area contributed by atoms with Crippen LogP contribution in [0.1, 0.15) is 0 Å². The van der Waals surface area contributed by atoms with Crippen molar-refractivity contribution in [2.45, 2.75) is 4.90 Å². The van der Waals surface area contributed by atoms with Crippen molar-refractivity contribution in [2.75, 3.05) is 0 Å². The number of fused-ring (bicyclic) bond motifs is 1. The van der Waals surface area contributed by atoms with Crippen LogP contribution in [0.2, 0.25) is 0 Å². The molecule has 9 heteroatoms. The van der Waals surface area contributed by atoms with Gasteiger partial charge in [0.25, 0.3) is 0 Å². The van der Waals surface area contributed by atoms with Crippen LogP contribution >= 0.6 is 26.2 Å². The van der Waals surface area contributed by atoms with Gasteiger partial charge in [0.1, 0.15) is 10.4 Å². The van der Waals surface area contributed by atoms with E-state index in [9.17, 15) is 19.4 Å². The Hall–Kier alpha value is -1.61. The summed E-state index contributed by atoms with van der Waals surface area (Å²) in [5.41, 5.74) is 0.237. The summed E-state index contributed by atoms with van der Waals surface area (Å²) in [6, 6.07) is 8.18. The van der Waals surface area contributed by atoms with Gasteiger partial charge in [0.15, 0.2) is 5.58 Å². The second kappa shape index (κ2) is 4.02. The molecule has 0 saturated heterocycles. The fraction of sp³-hybridized carbons (Fsp3) is 0. The molecular weight excluding hydrogens is 393 g/mol. The highest BCUT2D eigenvalue weighted by Gasteiger charge is 2.65. The lowest BCUT2D eigenvalue weighted by molar-refractivity contribution is 0.364. The van der Waals surface area contributed by atoms with E-state index in [0.29, 0.717) is 17.7 Å². The van der Waals surface area contributed by atoms with Crippen molar-refractivity contribution >= 4 is 37.3 Å². The third-order valence-electron chi connectivity index (χ3n) is 2.88. The summed E-state index contributed by atoms with van der Waals surface area (Å²) in [6.45, 7) is 0. The Bertz CT molecular complexity index is 891. The van der Waals surface area contributed by atoms with E-state index in [-0.39, 0.29) is 17.0 Å². The maximum atomic E-state index is 12.8. The molecule has 1 heterocycles. The minimum absolute atomic E-state index is 0.000533. The molecule has 0 spiro atoms. The molecule has 0 unspecified atom stereocenters. The average Bonchev–Trinajstić information content (AvgIpc) is 2.78. The van der Waals surface area contributed by atoms with Crippen LogP contribution in [0.5, 0.6) is 0 Å². The molecule has 0 aliphatic heterocycles. The Balaban J connectivity index is 2.17. The van der Waals surface area contributed by atoms with Crippen molar-refractivity contribution < 1.29 is 23.8 Å². The molecule has 3 aromatic rings. The van der Waals surface area contributed by atoms with Gasteiger partial charge in [-0.25, -0.2) is 4.98 Å². The quantitative estimate of drug-likeness (QED) is 0.437. The topological polar surface area (TPSA) is 26.0 Å². The first-order valence-corrected chi connectivity index (χ1v) is 8.57. The van der Waals surface area contributed by atoms with Crippen LogP contribution in [0, 0.1) is 0 Å². The smallest absolute Gasteiger partial charge is 0.310 e. The minimum Gasteiger partial charge on any atom is -0.436 e. The molecule has 0 aliphatic rings. The van der Waals surface area contributed by atoms with Crippen LogP contribution in [-0.4, -0.2) is 4.98 Å². The van der Waals surface area contributed by atoms with Crippen LogP contribution in [0.4, 0.5) is 19.4 Å². The van der Waals surface area contributed by atoms with E-state index in [1.165, 1.54) is 0 Å². The third-order valence-corrected chi connectivity index (χ3v) is 4.51. The van der Waals surface area contributed by atoms with Gasteiger partial charge in [0.05, 0.1) is 0 Å². The lowest BCUT2D eigenvalue weighted by Crippen LogP contribution is -2.05. The highest BCUT2D eigenvalue weighted by Crippen LogP contribution is 3.02. The van der Waals surface area contributed by atoms with Gasteiger partial charge < -0.3 is 4.42 Å². The zero-order valence-corrected chi connectivity index (χ0v) is 13.0. The van der Waals surface area contributed by atoms with Gasteiger partial charge in [0.2, 0.25) is 5.89 Å². The van der Waals surface area contributed by atoms with Gasteiger partial charge in [-0.3, -0.25) is 0 Å². The molecule has 0 radical (unpaired) electrons. The van der Waals surface area contributed by atoms with E-state index in [4.69, 9.17) is 4.42 Å². The van der Waals surface area contributed by atoms with Gasteiger partial charge in [-0.15, -0.1) is 0 Å². The zero-order chi connectivity index (χ0) is 16.2. The van der Waals surface area contributed by atoms with Crippen molar-refractivity contribution in [3.05, 3.63) is 46.9 Å². The predicted octanol–water partition coefficient (Wildman–Crippen LogP) is 6.91. The molecule has 1 aromatic heterocycles. The Morgan fingerprint density at radius 3 is 2.32 bits per heavy atom. The van der Waals surface area contributed by atoms with E-state index in [0.717, 1.165) is 10.5 Å². The highest BCUT2D eigenvalue weighted by atomic mass is 79.9. The summed E-state index contributed by atoms with van der Waals surface area (Å²) in [5.74, 6) is 0.0515. The summed E-state index contributed by atoms with van der Waals surface area (Å²) in [7, 11) is -9.73. The molecule has 0 atom stereocenters. The summed E-state index contributed by atoms with van der Waals surface area (Å²) in [5, 5.41) is 0. The lowest BCUT2D eigenvalue weighted by Gasteiger charge is -2.40. The van der Waals surface area contributed by atoms with Gasteiger partial charge in [0, 0.05) is 10.0 Å². The minimum atomic E-state index is -9.73. The largest absolute Gasteiger partial charge is 0.436 e. The molecule has 0 bridgehead atoms. The predicted molar refractivity (Wildman–Crippen MR) is 78.5 cm³/mol. The Morgan fingerprint density at radius 2 is 1.68 bits per heavy atom. The van der Waals surface area contributed by atoms with Crippen molar-refractivity contribution in [3.63, 3.8) is 0 Å². The average molecular weight is 400 g/mol. The van der Waals surface area contributed by atoms with Crippen LogP contribution in [0.3, 0.4) is 0 Å². The van der Waals surface area contributed by atoms with Crippen molar-refractivity contribution in [2.24, 2.45) is 0 Å². The van der Waals surface area contributed by atoms with Crippen molar-refractivity contribution in [3.8, 4) is 11.5 Å². The second-order valence-corrected chi connectivity index (χ2v) is 7.95. The first-order valence-electron chi connectivity index (χ1n) is 5.83. The fourth-order valence-electron chi connectivity index (χ4n) is 1.89. The Kier molecular flexibility index (Phi) is 2.79. The Labute approximate surface area is 129 Å². The first kappa shape index (κ1) is 15.3. The van der Waals surface area contributed by atoms with E-state index < -0.39 is 15.1 Å². The lowest BCUT2D eigenvalue weighted by atomic mass is 10.2. The molecule has 0 aliphatic carbocycles. The van der Waals surface area contributed by atoms with E-state index >= 15 is 0 Å². The number of aromatic nitrogens is 1. The number of nitrogens with zero attached hydrogens (tertiary/aromatic N) is 1. The zero-order valence-electron chi connectivity index (χ0n) is 10.6. The summed E-state index contributed by atoms with van der Waals surface area (Å²) in [6.07, 6.45) is 0. The van der Waals surface area contributed by atoms with E-state index in [1.54, 1.807) is 24.3 Å². The standard InChI is InChI=1S/C13H7BrF5NOS/c14-9-3-1-2-8(6-9)13-20-11-7-10(4-5-12(11)21-13)22(15,16,17,18)19/h1-7H. The summed E-state index contributed by atoms with van der Waals surface area (Å²) < 4.78 is 70.0. The van der Waals surface area contributed by atoms with Gasteiger partial charge in [-0.2, -0.15) is 0 Å². The third kappa shape index (κ3) is 2.95. The molecule has 0 saturated carbocycles. The highest BCUT2D eigenvalue weighted by molar-refractivity contribution is 9.10. The fourth-order valence-corrected chi connectivity index (χ4v) is 2.95. The van der Waals surface area contributed by atoms with Crippen LogP contribution < -0.4 is 0 Å². The molecular formula is C13H7BrF5NOS. The number of rotatable bonds is 2. The van der Waals surface area contributed by atoms with Crippen LogP contribution in [0.25, 0.3) is 22.6 Å². The molecule has 0 fully saturated rings. The van der Waals surface area contributed by atoms with E-state index in [1.807, 2.05) is 0 Å².